The van der Waals surface area contributed by atoms with E-state index < -0.39 is 4.92 Å². The average molecular weight is 440 g/mol. The molecular weight excluding hydrogens is 416 g/mol. The van der Waals surface area contributed by atoms with E-state index in [1.807, 2.05) is 0 Å². The van der Waals surface area contributed by atoms with E-state index in [2.05, 4.69) is 35.3 Å². The zero-order valence-electron chi connectivity index (χ0n) is 17.5. The van der Waals surface area contributed by atoms with Crippen LogP contribution < -0.4 is 15.2 Å². The molecule has 4 rings (SSSR count). The van der Waals surface area contributed by atoms with Crippen molar-refractivity contribution >= 4 is 35.8 Å². The number of rotatable bonds is 7. The number of nitro groups is 1. The van der Waals surface area contributed by atoms with Gasteiger partial charge in [0.2, 0.25) is 17.8 Å². The van der Waals surface area contributed by atoms with E-state index in [-0.39, 0.29) is 5.69 Å². The van der Waals surface area contributed by atoms with Crippen molar-refractivity contribution in [3.05, 3.63) is 46.0 Å². The van der Waals surface area contributed by atoms with Gasteiger partial charge in [-0.2, -0.15) is 20.1 Å². The summed E-state index contributed by atoms with van der Waals surface area (Å²) >= 11 is 0. The smallest absolute Gasteiger partial charge is 0.276 e. The average Bonchev–Trinajstić information content (AvgIpc) is 2.85. The second kappa shape index (κ2) is 10.6. The van der Waals surface area contributed by atoms with E-state index in [0.717, 1.165) is 0 Å². The summed E-state index contributed by atoms with van der Waals surface area (Å²) in [7, 11) is 0. The van der Waals surface area contributed by atoms with Gasteiger partial charge in [0, 0.05) is 38.5 Å². The topological polar surface area (TPSA) is 131 Å². The summed E-state index contributed by atoms with van der Waals surface area (Å²) in [5.41, 5.74) is 3.36. The van der Waals surface area contributed by atoms with Gasteiger partial charge in [-0.15, -0.1) is 0 Å². The van der Waals surface area contributed by atoms with E-state index in [0.29, 0.717) is 76.0 Å². The first kappa shape index (κ1) is 21.6. The number of nitro benzene ring substituents is 1. The van der Waals surface area contributed by atoms with Crippen molar-refractivity contribution in [3.63, 3.8) is 0 Å². The number of aromatic nitrogens is 3. The number of hydrogen-bond donors (Lipinski definition) is 1. The van der Waals surface area contributed by atoms with Crippen molar-refractivity contribution in [2.24, 2.45) is 5.10 Å². The normalized spacial score (nSPS) is 17.2. The van der Waals surface area contributed by atoms with Crippen molar-refractivity contribution in [1.29, 1.82) is 0 Å². The van der Waals surface area contributed by atoms with Crippen LogP contribution in [0.25, 0.3) is 6.08 Å². The fraction of sp³-hybridized carbons (Fsp3) is 0.400. The van der Waals surface area contributed by atoms with Crippen LogP contribution >= 0.6 is 0 Å². The highest BCUT2D eigenvalue weighted by atomic mass is 16.6. The molecule has 32 heavy (non-hydrogen) atoms. The standard InChI is InChI=1S/C20H24N8O4/c29-28(30)17-6-2-1-4-16(17)5-3-7-21-25-18-22-19(26-8-12-31-13-9-26)24-20(23-18)27-10-14-32-15-11-27/h1-7H,8-15H2,(H,22,23,24,25)/b5-3+,21-7+. The van der Waals surface area contributed by atoms with E-state index in [1.165, 1.54) is 12.3 Å². The van der Waals surface area contributed by atoms with Crippen LogP contribution in [0.15, 0.2) is 35.4 Å². The van der Waals surface area contributed by atoms with Gasteiger partial charge in [0.1, 0.15) is 0 Å². The number of nitrogens with zero attached hydrogens (tertiary/aromatic N) is 7. The maximum absolute atomic E-state index is 11.1. The minimum absolute atomic E-state index is 0.0351. The minimum atomic E-state index is -0.416. The van der Waals surface area contributed by atoms with Crippen LogP contribution in [-0.4, -0.2) is 78.7 Å². The van der Waals surface area contributed by atoms with Crippen molar-refractivity contribution in [2.75, 3.05) is 67.8 Å². The Kier molecular flexibility index (Phi) is 7.15. The summed E-state index contributed by atoms with van der Waals surface area (Å²) in [4.78, 5) is 28.4. The molecule has 0 atom stereocenters. The van der Waals surface area contributed by atoms with E-state index in [1.54, 1.807) is 30.4 Å². The molecule has 1 aromatic heterocycles. The number of nitrogens with one attached hydrogen (secondary N) is 1. The van der Waals surface area contributed by atoms with Crippen molar-refractivity contribution in [2.45, 2.75) is 0 Å². The third-order valence-corrected chi connectivity index (χ3v) is 4.93. The Hall–Kier alpha value is -3.64. The molecule has 2 saturated heterocycles. The first-order chi connectivity index (χ1) is 15.7. The highest BCUT2D eigenvalue weighted by Crippen LogP contribution is 2.20. The van der Waals surface area contributed by atoms with Crippen LogP contribution in [0.3, 0.4) is 0 Å². The predicted molar refractivity (Wildman–Crippen MR) is 120 cm³/mol. The van der Waals surface area contributed by atoms with E-state index >= 15 is 0 Å². The predicted octanol–water partition coefficient (Wildman–Crippen LogP) is 1.56. The van der Waals surface area contributed by atoms with Gasteiger partial charge in [-0.1, -0.05) is 12.1 Å². The van der Waals surface area contributed by atoms with Crippen LogP contribution in [0.5, 0.6) is 0 Å². The molecule has 2 fully saturated rings. The molecule has 0 amide bonds. The van der Waals surface area contributed by atoms with Gasteiger partial charge in [0.05, 0.1) is 36.9 Å². The second-order valence-corrected chi connectivity index (χ2v) is 7.02. The lowest BCUT2D eigenvalue weighted by molar-refractivity contribution is -0.385. The van der Waals surface area contributed by atoms with Crippen LogP contribution in [0.1, 0.15) is 5.56 Å². The molecule has 2 aliphatic rings. The lowest BCUT2D eigenvalue weighted by Gasteiger charge is -2.30. The molecule has 12 heteroatoms. The number of anilines is 3. The fourth-order valence-corrected chi connectivity index (χ4v) is 3.29. The molecule has 2 aromatic rings. The van der Waals surface area contributed by atoms with Crippen LogP contribution in [0.4, 0.5) is 23.5 Å². The van der Waals surface area contributed by atoms with Gasteiger partial charge in [-0.25, -0.2) is 5.43 Å². The van der Waals surface area contributed by atoms with Gasteiger partial charge in [0.15, 0.2) is 0 Å². The number of morpholine rings is 2. The zero-order chi connectivity index (χ0) is 22.2. The number of benzene rings is 1. The van der Waals surface area contributed by atoms with Gasteiger partial charge < -0.3 is 19.3 Å². The number of hydrazone groups is 1. The largest absolute Gasteiger partial charge is 0.378 e. The highest BCUT2D eigenvalue weighted by molar-refractivity contribution is 5.80. The lowest BCUT2D eigenvalue weighted by atomic mass is 10.2. The SMILES string of the molecule is O=[N+]([O-])c1ccccc1/C=C/C=N/Nc1nc(N2CCOCC2)nc(N2CCOCC2)n1. The van der Waals surface area contributed by atoms with Crippen molar-refractivity contribution in [3.8, 4) is 0 Å². The van der Waals surface area contributed by atoms with Gasteiger partial charge in [-0.3, -0.25) is 10.1 Å². The Bertz CT molecular complexity index is 951. The molecule has 1 N–H and O–H groups in total. The third-order valence-electron chi connectivity index (χ3n) is 4.93. The Morgan fingerprint density at radius 2 is 1.56 bits per heavy atom. The molecule has 3 heterocycles. The molecule has 0 radical (unpaired) electrons. The molecule has 168 valence electrons. The molecule has 0 saturated carbocycles. The van der Waals surface area contributed by atoms with Gasteiger partial charge >= 0.3 is 0 Å². The summed E-state index contributed by atoms with van der Waals surface area (Å²) in [6.07, 6.45) is 4.72. The molecular formula is C20H24N8O4. The van der Waals surface area contributed by atoms with Gasteiger partial charge in [-0.05, 0) is 18.2 Å². The van der Waals surface area contributed by atoms with E-state index in [4.69, 9.17) is 9.47 Å². The maximum atomic E-state index is 11.1. The lowest BCUT2D eigenvalue weighted by Crippen LogP contribution is -2.40. The highest BCUT2D eigenvalue weighted by Gasteiger charge is 2.20. The van der Waals surface area contributed by atoms with Crippen LogP contribution in [0, 0.1) is 10.1 Å². The number of allylic oxidation sites excluding steroid dienone is 1. The number of para-hydroxylation sites is 1. The fourth-order valence-electron chi connectivity index (χ4n) is 3.29. The number of ether oxygens (including phenoxy) is 2. The zero-order valence-corrected chi connectivity index (χ0v) is 17.5. The molecule has 0 spiro atoms. The molecule has 1 aromatic carbocycles. The Morgan fingerprint density at radius 3 is 2.16 bits per heavy atom. The van der Waals surface area contributed by atoms with Crippen molar-refractivity contribution in [1.82, 2.24) is 15.0 Å². The first-order valence-electron chi connectivity index (χ1n) is 10.3. The summed E-state index contributed by atoms with van der Waals surface area (Å²) < 4.78 is 10.8. The quantitative estimate of drug-likeness (QED) is 0.384. The molecule has 2 aliphatic heterocycles. The Balaban J connectivity index is 1.48. The molecule has 0 unspecified atom stereocenters. The molecule has 0 bridgehead atoms. The summed E-state index contributed by atoms with van der Waals surface area (Å²) in [5, 5.41) is 15.2. The molecule has 12 nitrogen and oxygen atoms in total. The van der Waals surface area contributed by atoms with Gasteiger partial charge in [0.25, 0.3) is 5.69 Å². The van der Waals surface area contributed by atoms with E-state index in [9.17, 15) is 10.1 Å². The first-order valence-corrected chi connectivity index (χ1v) is 10.3. The summed E-state index contributed by atoms with van der Waals surface area (Å²) in [6.45, 7) is 5.29. The second-order valence-electron chi connectivity index (χ2n) is 7.02. The Morgan fingerprint density at radius 1 is 0.969 bits per heavy atom. The summed E-state index contributed by atoms with van der Waals surface area (Å²) in [5.74, 6) is 1.45. The maximum Gasteiger partial charge on any atom is 0.276 e. The van der Waals surface area contributed by atoms with Crippen LogP contribution in [0.2, 0.25) is 0 Å². The minimum Gasteiger partial charge on any atom is -0.378 e. The van der Waals surface area contributed by atoms with Crippen molar-refractivity contribution < 1.29 is 14.4 Å². The number of hydrogen-bond acceptors (Lipinski definition) is 11. The molecule has 0 aliphatic carbocycles. The monoisotopic (exact) mass is 440 g/mol. The third kappa shape index (κ3) is 5.53. The Labute approximate surface area is 184 Å². The van der Waals surface area contributed by atoms with Crippen LogP contribution in [-0.2, 0) is 9.47 Å². The summed E-state index contributed by atoms with van der Waals surface area (Å²) in [6, 6.07) is 6.50.